The molecule has 0 unspecified atom stereocenters. The predicted octanol–water partition coefficient (Wildman–Crippen LogP) is 5.47. The summed E-state index contributed by atoms with van der Waals surface area (Å²) in [6.07, 6.45) is -2.82. The number of carbonyl (C=O) groups is 2. The van der Waals surface area contributed by atoms with Gasteiger partial charge in [-0.3, -0.25) is 4.79 Å². The summed E-state index contributed by atoms with van der Waals surface area (Å²) in [7, 11) is 0. The van der Waals surface area contributed by atoms with E-state index in [0.717, 1.165) is 22.3 Å². The number of benzene rings is 3. The van der Waals surface area contributed by atoms with Gasteiger partial charge in [0.25, 0.3) is 11.8 Å². The van der Waals surface area contributed by atoms with E-state index in [4.69, 9.17) is 9.47 Å². The number of aryl methyl sites for hydroxylation is 1. The zero-order chi connectivity index (χ0) is 26.9. The second kappa shape index (κ2) is 10.5. The summed E-state index contributed by atoms with van der Waals surface area (Å²) in [6, 6.07) is 20.9. The summed E-state index contributed by atoms with van der Waals surface area (Å²) >= 11 is 0. The quantitative estimate of drug-likeness (QED) is 0.426. The van der Waals surface area contributed by atoms with Crippen molar-refractivity contribution in [2.45, 2.75) is 63.5 Å². The minimum Gasteiger partial charge on any atom is -0.488 e. The van der Waals surface area contributed by atoms with Crippen LogP contribution >= 0.6 is 0 Å². The van der Waals surface area contributed by atoms with E-state index in [9.17, 15) is 23.5 Å². The van der Waals surface area contributed by atoms with E-state index >= 15 is 0 Å². The number of halogens is 2. The number of hydrogen-bond acceptors (Lipinski definition) is 4. The third kappa shape index (κ3) is 5.41. The van der Waals surface area contributed by atoms with Gasteiger partial charge in [0.15, 0.2) is 6.10 Å². The van der Waals surface area contributed by atoms with Gasteiger partial charge in [0, 0.05) is 31.4 Å². The van der Waals surface area contributed by atoms with Crippen LogP contribution in [0.2, 0.25) is 0 Å². The molecule has 1 fully saturated rings. The largest absolute Gasteiger partial charge is 0.488 e. The molecule has 0 bridgehead atoms. The van der Waals surface area contributed by atoms with Crippen molar-refractivity contribution in [2.24, 2.45) is 0 Å². The number of fused-ring (bicyclic) bond motifs is 1. The molecule has 0 radical (unpaired) electrons. The fourth-order valence-corrected chi connectivity index (χ4v) is 5.09. The number of carboxylic acids is 1. The molecular formula is C30H29F2NO5. The lowest BCUT2D eigenvalue weighted by atomic mass is 9.89. The van der Waals surface area contributed by atoms with E-state index in [1.54, 1.807) is 30.3 Å². The molecule has 0 spiro atoms. The molecule has 5 rings (SSSR count). The molecule has 1 amide bonds. The maximum absolute atomic E-state index is 13.8. The van der Waals surface area contributed by atoms with Crippen molar-refractivity contribution in [1.82, 2.24) is 4.90 Å². The fraction of sp³-hybridized carbons (Fsp3) is 0.333. The Bertz CT molecular complexity index is 1310. The number of hydrogen-bond donors (Lipinski definition) is 1. The maximum Gasteiger partial charge on any atom is 0.326 e. The second-order valence-electron chi connectivity index (χ2n) is 9.96. The highest BCUT2D eigenvalue weighted by Gasteiger charge is 2.49. The average molecular weight is 522 g/mol. The molecule has 38 heavy (non-hydrogen) atoms. The van der Waals surface area contributed by atoms with Crippen molar-refractivity contribution in [2.75, 3.05) is 0 Å². The first-order valence-electron chi connectivity index (χ1n) is 12.6. The normalized spacial score (nSPS) is 19.2. The summed E-state index contributed by atoms with van der Waals surface area (Å²) in [6.45, 7) is 2.27. The van der Waals surface area contributed by atoms with Crippen LogP contribution in [-0.2, 0) is 33.9 Å². The zero-order valence-corrected chi connectivity index (χ0v) is 21.0. The lowest BCUT2D eigenvalue weighted by molar-refractivity contribution is -0.193. The van der Waals surface area contributed by atoms with Gasteiger partial charge in [-0.2, -0.15) is 0 Å². The standard InChI is InChI=1S/C30H29F2NO5/c1-19-12-13-22-17-33(25(29(35)36)14-24(22)26(19)37-18-20-8-4-2-5-9-20)28(34)27(21-10-6-3-7-11-21)38-23-15-30(31,32)16-23/h2-13,23,25,27H,14-18H2,1H3,(H,35,36)/t25-,27-/m1/s1. The Balaban J connectivity index is 1.43. The van der Waals surface area contributed by atoms with Gasteiger partial charge in [0.05, 0.1) is 6.10 Å². The molecule has 1 aliphatic heterocycles. The topological polar surface area (TPSA) is 76.1 Å². The van der Waals surface area contributed by atoms with Crippen molar-refractivity contribution in [3.63, 3.8) is 0 Å². The smallest absolute Gasteiger partial charge is 0.326 e. The lowest BCUT2D eigenvalue weighted by Gasteiger charge is -2.40. The number of ether oxygens (including phenoxy) is 2. The number of carboxylic acid groups (broad SMARTS) is 1. The molecule has 6 nitrogen and oxygen atoms in total. The van der Waals surface area contributed by atoms with Gasteiger partial charge in [-0.05, 0) is 29.2 Å². The monoisotopic (exact) mass is 521 g/mol. The molecule has 1 heterocycles. The third-order valence-corrected chi connectivity index (χ3v) is 7.17. The van der Waals surface area contributed by atoms with E-state index in [1.165, 1.54) is 4.90 Å². The van der Waals surface area contributed by atoms with Gasteiger partial charge in [-0.25, -0.2) is 13.6 Å². The highest BCUT2D eigenvalue weighted by atomic mass is 19.3. The molecule has 1 saturated carbocycles. The van der Waals surface area contributed by atoms with E-state index in [2.05, 4.69) is 0 Å². The van der Waals surface area contributed by atoms with Crippen molar-refractivity contribution in [1.29, 1.82) is 0 Å². The second-order valence-corrected chi connectivity index (χ2v) is 9.96. The summed E-state index contributed by atoms with van der Waals surface area (Å²) in [4.78, 5) is 27.5. The Kier molecular flexibility index (Phi) is 7.17. The SMILES string of the molecule is Cc1ccc2c(c1OCc1ccccc1)C[C@H](C(=O)O)N(C(=O)[C@H](OC1CC(F)(F)C1)c1ccccc1)C2. The lowest BCUT2D eigenvalue weighted by Crippen LogP contribution is -2.51. The molecule has 0 aromatic heterocycles. The van der Waals surface area contributed by atoms with Gasteiger partial charge in [0.2, 0.25) is 0 Å². The molecule has 3 aromatic rings. The highest BCUT2D eigenvalue weighted by Crippen LogP contribution is 2.42. The van der Waals surface area contributed by atoms with E-state index < -0.39 is 48.9 Å². The summed E-state index contributed by atoms with van der Waals surface area (Å²) < 4.78 is 39.1. The summed E-state index contributed by atoms with van der Waals surface area (Å²) in [5.41, 5.74) is 3.90. The molecule has 3 aromatic carbocycles. The third-order valence-electron chi connectivity index (χ3n) is 7.17. The van der Waals surface area contributed by atoms with Crippen molar-refractivity contribution < 1.29 is 33.0 Å². The molecule has 1 aliphatic carbocycles. The van der Waals surface area contributed by atoms with E-state index in [-0.39, 0.29) is 13.0 Å². The first-order valence-corrected chi connectivity index (χ1v) is 12.6. The Morgan fingerprint density at radius 2 is 1.68 bits per heavy atom. The number of rotatable bonds is 8. The van der Waals surface area contributed by atoms with Gasteiger partial charge < -0.3 is 19.5 Å². The Morgan fingerprint density at radius 3 is 2.32 bits per heavy atom. The van der Waals surface area contributed by atoms with Crippen LogP contribution in [0.15, 0.2) is 72.8 Å². The Hall–Kier alpha value is -3.78. The van der Waals surface area contributed by atoms with Gasteiger partial charge in [-0.15, -0.1) is 0 Å². The van der Waals surface area contributed by atoms with Gasteiger partial charge in [0.1, 0.15) is 18.4 Å². The van der Waals surface area contributed by atoms with Crippen LogP contribution in [0.3, 0.4) is 0 Å². The van der Waals surface area contributed by atoms with Crippen LogP contribution in [0.4, 0.5) is 8.78 Å². The fourth-order valence-electron chi connectivity index (χ4n) is 5.09. The minimum atomic E-state index is -2.81. The zero-order valence-electron chi connectivity index (χ0n) is 21.0. The predicted molar refractivity (Wildman–Crippen MR) is 136 cm³/mol. The van der Waals surface area contributed by atoms with Crippen molar-refractivity contribution >= 4 is 11.9 Å². The molecule has 0 saturated heterocycles. The molecule has 2 aliphatic rings. The first-order chi connectivity index (χ1) is 18.2. The van der Waals surface area contributed by atoms with Crippen LogP contribution in [0.25, 0.3) is 0 Å². The number of carbonyl (C=O) groups excluding carboxylic acids is 1. The molecule has 8 heteroatoms. The van der Waals surface area contributed by atoms with Crippen molar-refractivity contribution in [3.05, 3.63) is 101 Å². The molecule has 198 valence electrons. The van der Waals surface area contributed by atoms with Gasteiger partial charge >= 0.3 is 5.97 Å². The van der Waals surface area contributed by atoms with E-state index in [0.29, 0.717) is 17.9 Å². The Morgan fingerprint density at radius 1 is 1.03 bits per heavy atom. The van der Waals surface area contributed by atoms with Crippen LogP contribution in [0.1, 0.15) is 46.8 Å². The first kappa shape index (κ1) is 25.9. The maximum atomic E-state index is 13.8. The number of nitrogens with zero attached hydrogens (tertiary/aromatic N) is 1. The van der Waals surface area contributed by atoms with Gasteiger partial charge in [-0.1, -0.05) is 72.8 Å². The minimum absolute atomic E-state index is 0.0423. The molecule has 2 atom stereocenters. The van der Waals surface area contributed by atoms with Crippen LogP contribution < -0.4 is 4.74 Å². The summed E-state index contributed by atoms with van der Waals surface area (Å²) in [5, 5.41) is 10.1. The van der Waals surface area contributed by atoms with Crippen LogP contribution in [0, 0.1) is 6.92 Å². The number of alkyl halides is 2. The average Bonchev–Trinajstić information content (AvgIpc) is 2.90. The van der Waals surface area contributed by atoms with E-state index in [1.807, 2.05) is 49.4 Å². The Labute approximate surface area is 219 Å². The summed E-state index contributed by atoms with van der Waals surface area (Å²) in [5.74, 6) is -3.90. The molecule has 1 N–H and O–H groups in total. The van der Waals surface area contributed by atoms with Crippen LogP contribution in [0.5, 0.6) is 5.75 Å². The molecular weight excluding hydrogens is 492 g/mol. The number of amides is 1. The van der Waals surface area contributed by atoms with Crippen molar-refractivity contribution in [3.8, 4) is 5.75 Å². The highest BCUT2D eigenvalue weighted by molar-refractivity contribution is 5.88. The number of aliphatic carboxylic acids is 1. The van der Waals surface area contributed by atoms with Crippen LogP contribution in [-0.4, -0.2) is 40.0 Å².